The molecule has 2 amide bonds. The van der Waals surface area contributed by atoms with Gasteiger partial charge in [-0.25, -0.2) is 4.98 Å². The molecule has 0 atom stereocenters. The number of amides is 2. The molecule has 146 valence electrons. The van der Waals surface area contributed by atoms with Crippen LogP contribution >= 0.6 is 11.3 Å². The molecule has 3 aromatic rings. The van der Waals surface area contributed by atoms with Crippen molar-refractivity contribution in [3.05, 3.63) is 48.0 Å². The first kappa shape index (κ1) is 20.0. The van der Waals surface area contributed by atoms with E-state index >= 15 is 0 Å². The Kier molecular flexibility index (Phi) is 6.38. The highest BCUT2D eigenvalue weighted by molar-refractivity contribution is 7.21. The lowest BCUT2D eigenvalue weighted by atomic mass is 10.2. The van der Waals surface area contributed by atoms with Crippen LogP contribution in [0.4, 0.5) is 5.69 Å². The number of aromatic nitrogens is 1. The Hall–Kier alpha value is -2.77. The highest BCUT2D eigenvalue weighted by Gasteiger charge is 2.13. The number of carbonyl (C=O) groups excluding carboxylic acids is 2. The molecular weight excluding hydrogens is 372 g/mol. The maximum absolute atomic E-state index is 12.0. The summed E-state index contributed by atoms with van der Waals surface area (Å²) in [6.45, 7) is 3.39. The van der Waals surface area contributed by atoms with Gasteiger partial charge in [-0.3, -0.25) is 9.59 Å². The van der Waals surface area contributed by atoms with Gasteiger partial charge in [0.25, 0.3) is 0 Å². The molecule has 0 aliphatic carbocycles. The maximum atomic E-state index is 12.0. The number of aryl methyl sites for hydroxylation is 1. The van der Waals surface area contributed by atoms with Crippen LogP contribution in [0.2, 0.25) is 0 Å². The standard InChI is InChI=1S/C21H24N4O2S/c1-14-5-10-17-18(13-14)28-21(24-17)15-6-8-16(9-7-15)23-20(27)19(26)22-11-4-12-25(2)3/h5-10,13H,4,11-12H2,1-3H3,(H,22,26)(H,23,27). The van der Waals surface area contributed by atoms with Gasteiger partial charge in [-0.1, -0.05) is 6.07 Å². The van der Waals surface area contributed by atoms with Crippen LogP contribution in [0.3, 0.4) is 0 Å². The van der Waals surface area contributed by atoms with Crippen molar-refractivity contribution in [2.75, 3.05) is 32.5 Å². The van der Waals surface area contributed by atoms with Gasteiger partial charge in [-0.15, -0.1) is 11.3 Å². The predicted octanol–water partition coefficient (Wildman–Crippen LogP) is 3.28. The van der Waals surface area contributed by atoms with Crippen LogP contribution in [0.5, 0.6) is 0 Å². The fourth-order valence-electron chi connectivity index (χ4n) is 2.72. The summed E-state index contributed by atoms with van der Waals surface area (Å²) >= 11 is 1.64. The van der Waals surface area contributed by atoms with E-state index in [1.807, 2.05) is 37.2 Å². The van der Waals surface area contributed by atoms with Crippen molar-refractivity contribution in [3.8, 4) is 10.6 Å². The molecule has 6 nitrogen and oxygen atoms in total. The van der Waals surface area contributed by atoms with E-state index in [9.17, 15) is 9.59 Å². The van der Waals surface area contributed by atoms with Crippen molar-refractivity contribution < 1.29 is 9.59 Å². The van der Waals surface area contributed by atoms with Gasteiger partial charge in [-0.05, 0) is 75.9 Å². The molecule has 0 aliphatic heterocycles. The van der Waals surface area contributed by atoms with Gasteiger partial charge in [0, 0.05) is 17.8 Å². The average Bonchev–Trinajstić information content (AvgIpc) is 3.08. The third-order valence-electron chi connectivity index (χ3n) is 4.21. The molecule has 28 heavy (non-hydrogen) atoms. The third kappa shape index (κ3) is 5.15. The second-order valence-electron chi connectivity index (χ2n) is 6.93. The molecule has 1 aromatic heterocycles. The number of hydrogen-bond donors (Lipinski definition) is 2. The minimum atomic E-state index is -0.659. The number of thiazole rings is 1. The second-order valence-corrected chi connectivity index (χ2v) is 7.97. The number of anilines is 1. The number of nitrogens with one attached hydrogen (secondary N) is 2. The van der Waals surface area contributed by atoms with Crippen LogP contribution in [0, 0.1) is 6.92 Å². The van der Waals surface area contributed by atoms with Crippen molar-refractivity contribution in [2.45, 2.75) is 13.3 Å². The zero-order valence-corrected chi connectivity index (χ0v) is 17.1. The minimum absolute atomic E-state index is 0.473. The highest BCUT2D eigenvalue weighted by atomic mass is 32.1. The number of rotatable bonds is 6. The monoisotopic (exact) mass is 396 g/mol. The molecule has 0 fully saturated rings. The minimum Gasteiger partial charge on any atom is -0.348 e. The Morgan fingerprint density at radius 2 is 1.82 bits per heavy atom. The first-order valence-corrected chi connectivity index (χ1v) is 9.95. The van der Waals surface area contributed by atoms with E-state index in [2.05, 4.69) is 34.7 Å². The average molecular weight is 397 g/mol. The van der Waals surface area contributed by atoms with Crippen molar-refractivity contribution in [3.63, 3.8) is 0 Å². The van der Waals surface area contributed by atoms with Gasteiger partial charge in [-0.2, -0.15) is 0 Å². The summed E-state index contributed by atoms with van der Waals surface area (Å²) in [5.74, 6) is -1.28. The Labute approximate surface area is 168 Å². The van der Waals surface area contributed by atoms with Gasteiger partial charge in [0.05, 0.1) is 10.2 Å². The number of nitrogens with zero attached hydrogens (tertiary/aromatic N) is 2. The quantitative estimate of drug-likeness (QED) is 0.495. The zero-order valence-electron chi connectivity index (χ0n) is 16.3. The predicted molar refractivity (Wildman–Crippen MR) is 115 cm³/mol. The van der Waals surface area contributed by atoms with Crippen molar-refractivity contribution >= 4 is 39.1 Å². The van der Waals surface area contributed by atoms with Crippen LogP contribution in [-0.4, -0.2) is 48.9 Å². The maximum Gasteiger partial charge on any atom is 0.313 e. The summed E-state index contributed by atoms with van der Waals surface area (Å²) in [7, 11) is 3.93. The fourth-order valence-corrected chi connectivity index (χ4v) is 3.79. The van der Waals surface area contributed by atoms with Crippen LogP contribution in [0.15, 0.2) is 42.5 Å². The van der Waals surface area contributed by atoms with E-state index in [1.165, 1.54) is 5.56 Å². The van der Waals surface area contributed by atoms with Crippen LogP contribution in [0.25, 0.3) is 20.8 Å². The Morgan fingerprint density at radius 3 is 2.54 bits per heavy atom. The SMILES string of the molecule is Cc1ccc2nc(-c3ccc(NC(=O)C(=O)NCCCN(C)C)cc3)sc2c1. The highest BCUT2D eigenvalue weighted by Crippen LogP contribution is 2.31. The molecule has 0 spiro atoms. The Balaban J connectivity index is 1.59. The van der Waals surface area contributed by atoms with E-state index in [1.54, 1.807) is 23.5 Å². The van der Waals surface area contributed by atoms with Gasteiger partial charge < -0.3 is 15.5 Å². The molecule has 0 unspecified atom stereocenters. The summed E-state index contributed by atoms with van der Waals surface area (Å²) in [5.41, 5.74) is 3.74. The van der Waals surface area contributed by atoms with Crippen molar-refractivity contribution in [1.82, 2.24) is 15.2 Å². The molecule has 0 bridgehead atoms. The molecule has 3 rings (SSSR count). The number of fused-ring (bicyclic) bond motifs is 1. The molecule has 0 radical (unpaired) electrons. The lowest BCUT2D eigenvalue weighted by Gasteiger charge is -2.10. The Morgan fingerprint density at radius 1 is 1.07 bits per heavy atom. The fraction of sp³-hybridized carbons (Fsp3) is 0.286. The number of hydrogen-bond acceptors (Lipinski definition) is 5. The normalized spacial score (nSPS) is 11.0. The molecule has 7 heteroatoms. The molecular formula is C21H24N4O2S. The molecule has 0 aliphatic rings. The van der Waals surface area contributed by atoms with E-state index in [4.69, 9.17) is 0 Å². The van der Waals surface area contributed by atoms with Crippen molar-refractivity contribution in [2.24, 2.45) is 0 Å². The molecule has 1 heterocycles. The number of carbonyl (C=O) groups is 2. The van der Waals surface area contributed by atoms with E-state index < -0.39 is 11.8 Å². The lowest BCUT2D eigenvalue weighted by Crippen LogP contribution is -2.36. The van der Waals surface area contributed by atoms with Crippen LogP contribution < -0.4 is 10.6 Å². The molecule has 0 saturated heterocycles. The van der Waals surface area contributed by atoms with E-state index in [0.29, 0.717) is 12.2 Å². The van der Waals surface area contributed by atoms with Gasteiger partial charge in [0.1, 0.15) is 5.01 Å². The van der Waals surface area contributed by atoms with Gasteiger partial charge in [0.15, 0.2) is 0 Å². The summed E-state index contributed by atoms with van der Waals surface area (Å²) in [6.07, 6.45) is 0.794. The van der Waals surface area contributed by atoms with Gasteiger partial charge >= 0.3 is 11.8 Å². The van der Waals surface area contributed by atoms with Crippen LogP contribution in [0.1, 0.15) is 12.0 Å². The lowest BCUT2D eigenvalue weighted by molar-refractivity contribution is -0.136. The van der Waals surface area contributed by atoms with E-state index in [0.717, 1.165) is 33.8 Å². The molecule has 0 saturated carbocycles. The number of benzene rings is 2. The largest absolute Gasteiger partial charge is 0.348 e. The molecule has 2 N–H and O–H groups in total. The summed E-state index contributed by atoms with van der Waals surface area (Å²) < 4.78 is 1.15. The summed E-state index contributed by atoms with van der Waals surface area (Å²) in [6, 6.07) is 13.6. The smallest absolute Gasteiger partial charge is 0.313 e. The van der Waals surface area contributed by atoms with E-state index in [-0.39, 0.29) is 0 Å². The first-order valence-electron chi connectivity index (χ1n) is 9.14. The topological polar surface area (TPSA) is 74.3 Å². The van der Waals surface area contributed by atoms with Crippen LogP contribution in [-0.2, 0) is 9.59 Å². The first-order chi connectivity index (χ1) is 13.4. The summed E-state index contributed by atoms with van der Waals surface area (Å²) in [5, 5.41) is 6.18. The van der Waals surface area contributed by atoms with Crippen molar-refractivity contribution in [1.29, 1.82) is 0 Å². The van der Waals surface area contributed by atoms with Gasteiger partial charge in [0.2, 0.25) is 0 Å². The Bertz CT molecular complexity index is 980. The molecule has 2 aromatic carbocycles. The second kappa shape index (κ2) is 8.95. The zero-order chi connectivity index (χ0) is 20.1. The summed E-state index contributed by atoms with van der Waals surface area (Å²) in [4.78, 5) is 30.6. The third-order valence-corrected chi connectivity index (χ3v) is 5.27.